The van der Waals surface area contributed by atoms with Gasteiger partial charge in [0.15, 0.2) is 5.82 Å². The average molecular weight is 316 g/mol. The molecule has 0 unspecified atom stereocenters. The summed E-state index contributed by atoms with van der Waals surface area (Å²) in [7, 11) is 0. The number of nitrogens with zero attached hydrogens (tertiary/aromatic N) is 5. The van der Waals surface area contributed by atoms with Gasteiger partial charge in [-0.2, -0.15) is 5.10 Å². The van der Waals surface area contributed by atoms with E-state index >= 15 is 0 Å². The third-order valence-corrected chi connectivity index (χ3v) is 4.43. The molecule has 0 aromatic carbocycles. The molecule has 124 valence electrons. The van der Waals surface area contributed by atoms with Crippen molar-refractivity contribution in [1.82, 2.24) is 29.9 Å². The maximum absolute atomic E-state index is 12.2. The van der Waals surface area contributed by atoms with E-state index in [1.54, 1.807) is 11.0 Å². The van der Waals surface area contributed by atoms with E-state index in [2.05, 4.69) is 25.2 Å². The molecule has 1 amide bonds. The fourth-order valence-electron chi connectivity index (χ4n) is 3.21. The third-order valence-electron chi connectivity index (χ3n) is 4.43. The van der Waals surface area contributed by atoms with Gasteiger partial charge in [-0.3, -0.25) is 9.48 Å². The number of hydrogen-bond acceptors (Lipinski definition) is 4. The van der Waals surface area contributed by atoms with E-state index in [1.807, 2.05) is 26.1 Å². The highest BCUT2D eigenvalue weighted by Crippen LogP contribution is 2.31. The van der Waals surface area contributed by atoms with Crippen molar-refractivity contribution in [2.24, 2.45) is 0 Å². The molecule has 1 atom stereocenters. The van der Waals surface area contributed by atoms with Crippen LogP contribution in [0.25, 0.3) is 0 Å². The summed E-state index contributed by atoms with van der Waals surface area (Å²) in [5.41, 5.74) is 0.962. The number of nitrogens with one attached hydrogen (secondary N) is 1. The van der Waals surface area contributed by atoms with Gasteiger partial charge in [0.2, 0.25) is 5.91 Å². The Hall–Kier alpha value is -2.18. The molecule has 0 aliphatic heterocycles. The van der Waals surface area contributed by atoms with Crippen LogP contribution < -0.4 is 5.32 Å². The van der Waals surface area contributed by atoms with E-state index < -0.39 is 0 Å². The second-order valence-electron chi connectivity index (χ2n) is 6.29. The number of amides is 1. The highest BCUT2D eigenvalue weighted by atomic mass is 16.1. The Bertz CT molecular complexity index is 655. The van der Waals surface area contributed by atoms with Gasteiger partial charge in [-0.25, -0.2) is 0 Å². The number of hydrogen-bond donors (Lipinski definition) is 1. The highest BCUT2D eigenvalue weighted by Gasteiger charge is 2.23. The maximum atomic E-state index is 12.2. The number of carbonyl (C=O) groups is 1. The molecule has 1 saturated carbocycles. The lowest BCUT2D eigenvalue weighted by Gasteiger charge is -2.18. The van der Waals surface area contributed by atoms with E-state index in [1.165, 1.54) is 25.7 Å². The first-order chi connectivity index (χ1) is 11.1. The molecule has 2 aromatic heterocycles. The second kappa shape index (κ2) is 6.93. The molecule has 3 rings (SSSR count). The zero-order valence-corrected chi connectivity index (χ0v) is 13.8. The number of aryl methyl sites for hydroxylation is 2. The molecule has 7 heteroatoms. The van der Waals surface area contributed by atoms with Gasteiger partial charge in [-0.05, 0) is 32.8 Å². The minimum Gasteiger partial charge on any atom is -0.346 e. The van der Waals surface area contributed by atoms with Gasteiger partial charge in [0, 0.05) is 25.2 Å². The fourth-order valence-corrected chi connectivity index (χ4v) is 3.21. The van der Waals surface area contributed by atoms with E-state index in [0.29, 0.717) is 19.0 Å². The molecule has 0 spiro atoms. The summed E-state index contributed by atoms with van der Waals surface area (Å²) in [5.74, 6) is 0.854. The molecule has 7 nitrogen and oxygen atoms in total. The lowest BCUT2D eigenvalue weighted by molar-refractivity contribution is -0.122. The first-order valence-electron chi connectivity index (χ1n) is 8.32. The third kappa shape index (κ3) is 3.78. The van der Waals surface area contributed by atoms with Crippen LogP contribution in [-0.4, -0.2) is 30.5 Å². The first kappa shape index (κ1) is 15.7. The van der Waals surface area contributed by atoms with Crippen LogP contribution in [0.15, 0.2) is 18.6 Å². The Kier molecular flexibility index (Phi) is 4.73. The standard InChI is InChI=1S/C16H24N6O/c1-12-7-9-21(20-12)10-8-15(23)18-13(2)16-19-17-11-22(16)14-5-3-4-6-14/h7,9,11,13-14H,3-6,8,10H2,1-2H3,(H,18,23)/t13-/m0/s1. The van der Waals surface area contributed by atoms with E-state index in [-0.39, 0.29) is 11.9 Å². The molecule has 2 heterocycles. The van der Waals surface area contributed by atoms with Crippen LogP contribution in [0.4, 0.5) is 0 Å². The normalized spacial score (nSPS) is 16.6. The molecule has 0 bridgehead atoms. The van der Waals surface area contributed by atoms with E-state index in [9.17, 15) is 4.79 Å². The molecule has 23 heavy (non-hydrogen) atoms. The molecule has 0 saturated heterocycles. The molecular weight excluding hydrogens is 292 g/mol. The van der Waals surface area contributed by atoms with Crippen LogP contribution in [0.3, 0.4) is 0 Å². The summed E-state index contributed by atoms with van der Waals surface area (Å²) < 4.78 is 3.93. The minimum atomic E-state index is -0.134. The molecule has 2 aromatic rings. The van der Waals surface area contributed by atoms with Gasteiger partial charge >= 0.3 is 0 Å². The van der Waals surface area contributed by atoms with Crippen molar-refractivity contribution in [3.8, 4) is 0 Å². The van der Waals surface area contributed by atoms with Crippen molar-refractivity contribution in [3.05, 3.63) is 30.1 Å². The number of rotatable bonds is 6. The Morgan fingerprint density at radius 3 is 2.91 bits per heavy atom. The van der Waals surface area contributed by atoms with Crippen molar-refractivity contribution in [1.29, 1.82) is 0 Å². The summed E-state index contributed by atoms with van der Waals surface area (Å²) in [6, 6.07) is 2.28. The van der Waals surface area contributed by atoms with Gasteiger partial charge in [0.05, 0.1) is 11.7 Å². The van der Waals surface area contributed by atoms with Crippen LogP contribution >= 0.6 is 0 Å². The Morgan fingerprint density at radius 2 is 2.22 bits per heavy atom. The summed E-state index contributed by atoms with van der Waals surface area (Å²) in [6.45, 7) is 4.49. The first-order valence-corrected chi connectivity index (χ1v) is 8.32. The van der Waals surface area contributed by atoms with Gasteiger partial charge in [-0.15, -0.1) is 10.2 Å². The van der Waals surface area contributed by atoms with Gasteiger partial charge in [-0.1, -0.05) is 12.8 Å². The predicted molar refractivity (Wildman–Crippen MR) is 85.7 cm³/mol. The lowest BCUT2D eigenvalue weighted by Crippen LogP contribution is -2.30. The number of carbonyl (C=O) groups excluding carboxylic acids is 1. The summed E-state index contributed by atoms with van der Waals surface area (Å²) in [5, 5.41) is 15.6. The monoisotopic (exact) mass is 316 g/mol. The largest absolute Gasteiger partial charge is 0.346 e. The average Bonchev–Trinajstić information content (AvgIpc) is 3.25. The number of aromatic nitrogens is 5. The quantitative estimate of drug-likeness (QED) is 0.886. The summed E-state index contributed by atoms with van der Waals surface area (Å²) in [4.78, 5) is 12.2. The van der Waals surface area contributed by atoms with Gasteiger partial charge in [0.1, 0.15) is 6.33 Å². The summed E-state index contributed by atoms with van der Waals surface area (Å²) in [6.07, 6.45) is 8.94. The molecule has 1 N–H and O–H groups in total. The Balaban J connectivity index is 1.55. The molecule has 1 aliphatic rings. The van der Waals surface area contributed by atoms with Crippen molar-refractivity contribution in [2.75, 3.05) is 0 Å². The van der Waals surface area contributed by atoms with E-state index in [4.69, 9.17) is 0 Å². The van der Waals surface area contributed by atoms with Gasteiger partial charge < -0.3 is 9.88 Å². The fraction of sp³-hybridized carbons (Fsp3) is 0.625. The zero-order chi connectivity index (χ0) is 16.2. The predicted octanol–water partition coefficient (Wildman–Crippen LogP) is 2.17. The van der Waals surface area contributed by atoms with Crippen LogP contribution in [0.2, 0.25) is 0 Å². The van der Waals surface area contributed by atoms with Crippen LogP contribution in [0.1, 0.15) is 62.6 Å². The van der Waals surface area contributed by atoms with Crippen molar-refractivity contribution in [2.45, 2.75) is 64.6 Å². The highest BCUT2D eigenvalue weighted by molar-refractivity contribution is 5.76. The van der Waals surface area contributed by atoms with Crippen LogP contribution in [0, 0.1) is 6.92 Å². The van der Waals surface area contributed by atoms with Crippen molar-refractivity contribution >= 4 is 5.91 Å². The van der Waals surface area contributed by atoms with Crippen LogP contribution in [0.5, 0.6) is 0 Å². The molecule has 1 fully saturated rings. The maximum Gasteiger partial charge on any atom is 0.222 e. The van der Waals surface area contributed by atoms with Crippen molar-refractivity contribution in [3.63, 3.8) is 0 Å². The second-order valence-corrected chi connectivity index (χ2v) is 6.29. The van der Waals surface area contributed by atoms with Gasteiger partial charge in [0.25, 0.3) is 0 Å². The topological polar surface area (TPSA) is 77.6 Å². The van der Waals surface area contributed by atoms with Crippen LogP contribution in [-0.2, 0) is 11.3 Å². The van der Waals surface area contributed by atoms with E-state index in [0.717, 1.165) is 11.5 Å². The Morgan fingerprint density at radius 1 is 1.43 bits per heavy atom. The smallest absolute Gasteiger partial charge is 0.222 e. The molecule has 1 aliphatic carbocycles. The van der Waals surface area contributed by atoms with Crippen molar-refractivity contribution < 1.29 is 4.79 Å². The minimum absolute atomic E-state index is 0.00613. The SMILES string of the molecule is Cc1ccn(CCC(=O)N[C@@H](C)c2nncn2C2CCCC2)n1. The summed E-state index contributed by atoms with van der Waals surface area (Å²) >= 11 is 0. The molecular formula is C16H24N6O. The molecule has 0 radical (unpaired) electrons. The Labute approximate surface area is 136 Å². The lowest BCUT2D eigenvalue weighted by atomic mass is 10.2. The zero-order valence-electron chi connectivity index (χ0n) is 13.8.